The molecule has 1 heterocycles. The van der Waals surface area contributed by atoms with Crippen LogP contribution in [0.1, 0.15) is 24.5 Å². The fourth-order valence-electron chi connectivity index (χ4n) is 4.59. The summed E-state index contributed by atoms with van der Waals surface area (Å²) < 4.78 is 58.4. The van der Waals surface area contributed by atoms with E-state index >= 15 is 0 Å². The van der Waals surface area contributed by atoms with Gasteiger partial charge in [0.15, 0.2) is 6.61 Å². The van der Waals surface area contributed by atoms with Crippen LogP contribution in [0.25, 0.3) is 0 Å². The van der Waals surface area contributed by atoms with Gasteiger partial charge in [-0.25, -0.2) is 21.6 Å². The topological polar surface area (TPSA) is 195 Å². The third kappa shape index (κ3) is 9.22. The lowest BCUT2D eigenvalue weighted by Gasteiger charge is -2.34. The van der Waals surface area contributed by atoms with Crippen molar-refractivity contribution in [2.45, 2.75) is 29.9 Å². The van der Waals surface area contributed by atoms with Gasteiger partial charge in [-0.2, -0.15) is 0 Å². The number of hydrogen-bond acceptors (Lipinski definition) is 10. The zero-order valence-corrected chi connectivity index (χ0v) is 24.9. The molecule has 3 aromatic carbocycles. The third-order valence-corrected chi connectivity index (χ3v) is 8.76. The predicted molar refractivity (Wildman–Crippen MR) is 162 cm³/mol. The lowest BCUT2D eigenvalue weighted by atomic mass is 10.0. The number of carboxylic acids is 1. The zero-order chi connectivity index (χ0) is 31.2. The van der Waals surface area contributed by atoms with Crippen LogP contribution >= 0.6 is 0 Å². The number of carbonyl (C=O) groups is 1. The van der Waals surface area contributed by atoms with Gasteiger partial charge in [0.05, 0.1) is 22.9 Å². The van der Waals surface area contributed by atoms with Crippen molar-refractivity contribution in [3.05, 3.63) is 72.3 Å². The summed E-state index contributed by atoms with van der Waals surface area (Å²) in [5.74, 6) is -1.12. The largest absolute Gasteiger partial charge is 0.506 e. The maximum Gasteiger partial charge on any atom is 0.341 e. The fourth-order valence-corrected chi connectivity index (χ4v) is 6.22. The van der Waals surface area contributed by atoms with E-state index in [1.807, 2.05) is 12.1 Å². The third-order valence-electron chi connectivity index (χ3n) is 6.78. The van der Waals surface area contributed by atoms with Crippen molar-refractivity contribution in [2.75, 3.05) is 46.8 Å². The highest BCUT2D eigenvalue weighted by molar-refractivity contribution is 7.92. The van der Waals surface area contributed by atoms with Crippen molar-refractivity contribution < 1.29 is 41.7 Å². The van der Waals surface area contributed by atoms with Crippen LogP contribution < -0.4 is 24.4 Å². The van der Waals surface area contributed by atoms with E-state index in [-0.39, 0.29) is 34.7 Å². The highest BCUT2D eigenvalue weighted by Gasteiger charge is 2.21. The Balaban J connectivity index is 1.26. The quantitative estimate of drug-likeness (QED) is 0.151. The number of phenolic OH excluding ortho intramolecular Hbond substituents is 1. The van der Waals surface area contributed by atoms with Crippen LogP contribution in [0, 0.1) is 0 Å². The van der Waals surface area contributed by atoms with E-state index in [9.17, 15) is 31.8 Å². The van der Waals surface area contributed by atoms with Crippen molar-refractivity contribution in [3.63, 3.8) is 0 Å². The minimum atomic E-state index is -3.86. The summed E-state index contributed by atoms with van der Waals surface area (Å²) in [4.78, 5) is 12.8. The number of sulfonamides is 2. The summed E-state index contributed by atoms with van der Waals surface area (Å²) in [6.45, 7) is 1.22. The number of aliphatic carboxylic acids is 1. The standard InChI is InChI=1S/C28H34N4O9S2/c1-42(37,38)31-25-16-19(2-11-26(25)33)27(34)17-29-20-12-14-32(15-13-20)22-5-3-21(4-6-22)30-43(39,40)24-9-7-23(8-10-24)41-18-28(35)36/h2-11,16,20,27,29-31,33-34H,12-15,17-18H2,1H3,(H,35,36)/t27-/m0/s1. The second-order valence-electron chi connectivity index (χ2n) is 10.1. The Labute approximate surface area is 250 Å². The molecule has 1 aliphatic rings. The van der Waals surface area contributed by atoms with Crippen LogP contribution in [-0.2, 0) is 24.8 Å². The Morgan fingerprint density at radius 1 is 0.977 bits per heavy atom. The van der Waals surface area contributed by atoms with Gasteiger partial charge in [0, 0.05) is 37.1 Å². The van der Waals surface area contributed by atoms with Crippen LogP contribution in [0.4, 0.5) is 17.1 Å². The second-order valence-corrected chi connectivity index (χ2v) is 13.6. The number of nitrogens with one attached hydrogen (secondary N) is 3. The van der Waals surface area contributed by atoms with Crippen LogP contribution in [0.2, 0.25) is 0 Å². The number of benzene rings is 3. The van der Waals surface area contributed by atoms with Gasteiger partial charge in [-0.15, -0.1) is 0 Å². The summed E-state index contributed by atoms with van der Waals surface area (Å²) in [6, 6.07) is 16.9. The molecule has 0 saturated carbocycles. The molecular formula is C28H34N4O9S2. The molecular weight excluding hydrogens is 600 g/mol. The van der Waals surface area contributed by atoms with E-state index in [2.05, 4.69) is 19.7 Å². The number of carboxylic acid groups (broad SMARTS) is 1. The Bertz CT molecular complexity index is 1620. The fraction of sp³-hybridized carbons (Fsp3) is 0.321. The number of ether oxygens (including phenoxy) is 1. The van der Waals surface area contributed by atoms with Gasteiger partial charge < -0.3 is 30.3 Å². The Morgan fingerprint density at radius 2 is 1.63 bits per heavy atom. The van der Waals surface area contributed by atoms with Crippen LogP contribution in [-0.4, -0.2) is 76.7 Å². The van der Waals surface area contributed by atoms with Crippen molar-refractivity contribution in [1.29, 1.82) is 0 Å². The number of nitrogens with zero attached hydrogens (tertiary/aromatic N) is 1. The van der Waals surface area contributed by atoms with Crippen LogP contribution in [0.3, 0.4) is 0 Å². The molecule has 3 aromatic rings. The first-order valence-corrected chi connectivity index (χ1v) is 16.7. The Hall–Kier alpha value is -4.05. The summed E-state index contributed by atoms with van der Waals surface area (Å²) in [5.41, 5.74) is 1.80. The number of aliphatic hydroxyl groups excluding tert-OH is 1. The minimum Gasteiger partial charge on any atom is -0.506 e. The van der Waals surface area contributed by atoms with Crippen LogP contribution in [0.15, 0.2) is 71.6 Å². The molecule has 0 unspecified atom stereocenters. The summed E-state index contributed by atoms with van der Waals surface area (Å²) in [7, 11) is -7.45. The maximum atomic E-state index is 12.8. The molecule has 232 valence electrons. The molecule has 0 aliphatic carbocycles. The van der Waals surface area contributed by atoms with E-state index in [0.717, 1.165) is 37.9 Å². The zero-order valence-electron chi connectivity index (χ0n) is 23.3. The first-order chi connectivity index (χ1) is 20.3. The SMILES string of the molecule is CS(=O)(=O)Nc1cc([C@@H](O)CNC2CCN(c3ccc(NS(=O)(=O)c4ccc(OCC(=O)O)cc4)cc3)CC2)ccc1O. The average Bonchev–Trinajstić information content (AvgIpc) is 2.96. The smallest absolute Gasteiger partial charge is 0.341 e. The molecule has 6 N–H and O–H groups in total. The van der Waals surface area contributed by atoms with Crippen LogP contribution in [0.5, 0.6) is 11.5 Å². The highest BCUT2D eigenvalue weighted by atomic mass is 32.2. The van der Waals surface area contributed by atoms with Gasteiger partial charge in [0.2, 0.25) is 10.0 Å². The van der Waals surface area contributed by atoms with Gasteiger partial charge >= 0.3 is 5.97 Å². The lowest BCUT2D eigenvalue weighted by molar-refractivity contribution is -0.139. The number of aromatic hydroxyl groups is 1. The van der Waals surface area contributed by atoms with Gasteiger partial charge in [-0.05, 0) is 79.1 Å². The van der Waals surface area contributed by atoms with E-state index in [1.54, 1.807) is 12.1 Å². The molecule has 0 radical (unpaired) electrons. The molecule has 1 atom stereocenters. The normalized spacial score (nSPS) is 15.1. The van der Waals surface area contributed by atoms with Gasteiger partial charge in [0.25, 0.3) is 10.0 Å². The Morgan fingerprint density at radius 3 is 2.23 bits per heavy atom. The minimum absolute atomic E-state index is 0.00454. The molecule has 0 aromatic heterocycles. The van der Waals surface area contributed by atoms with Crippen molar-refractivity contribution in [3.8, 4) is 11.5 Å². The molecule has 1 fully saturated rings. The maximum absolute atomic E-state index is 12.8. The highest BCUT2D eigenvalue weighted by Crippen LogP contribution is 2.28. The number of phenols is 1. The number of piperidine rings is 1. The van der Waals surface area contributed by atoms with Crippen molar-refractivity contribution in [1.82, 2.24) is 5.32 Å². The molecule has 4 rings (SSSR count). The van der Waals surface area contributed by atoms with E-state index in [1.165, 1.54) is 42.5 Å². The molecule has 1 saturated heterocycles. The molecule has 15 heteroatoms. The van der Waals surface area contributed by atoms with E-state index < -0.39 is 38.7 Å². The number of hydrogen-bond donors (Lipinski definition) is 6. The number of rotatable bonds is 13. The summed E-state index contributed by atoms with van der Waals surface area (Å²) in [6.07, 6.45) is 1.69. The van der Waals surface area contributed by atoms with Gasteiger partial charge in [0.1, 0.15) is 11.5 Å². The monoisotopic (exact) mass is 634 g/mol. The number of anilines is 3. The average molecular weight is 635 g/mol. The lowest BCUT2D eigenvalue weighted by Crippen LogP contribution is -2.43. The van der Waals surface area contributed by atoms with E-state index in [0.29, 0.717) is 11.3 Å². The van der Waals surface area contributed by atoms with Crippen molar-refractivity contribution in [2.24, 2.45) is 0 Å². The molecule has 0 amide bonds. The van der Waals surface area contributed by atoms with E-state index in [4.69, 9.17) is 9.84 Å². The second kappa shape index (κ2) is 13.5. The van der Waals surface area contributed by atoms with Crippen molar-refractivity contribution >= 4 is 43.1 Å². The number of aliphatic hydroxyl groups is 1. The summed E-state index contributed by atoms with van der Waals surface area (Å²) in [5, 5.41) is 32.6. The first kappa shape index (κ1) is 31.9. The molecule has 13 nitrogen and oxygen atoms in total. The summed E-state index contributed by atoms with van der Waals surface area (Å²) >= 11 is 0. The Kier molecular flexibility index (Phi) is 10.0. The van der Waals surface area contributed by atoms with Gasteiger partial charge in [-0.3, -0.25) is 9.44 Å². The molecule has 0 spiro atoms. The predicted octanol–water partition coefficient (Wildman–Crippen LogP) is 2.32. The first-order valence-electron chi connectivity index (χ1n) is 13.3. The molecule has 1 aliphatic heterocycles. The molecule has 43 heavy (non-hydrogen) atoms. The molecule has 0 bridgehead atoms. The van der Waals surface area contributed by atoms with Gasteiger partial charge in [-0.1, -0.05) is 6.07 Å².